The Kier molecular flexibility index (Phi) is 6.76. The van der Waals surface area contributed by atoms with Gasteiger partial charge in [0.25, 0.3) is 17.5 Å². The zero-order valence-corrected chi connectivity index (χ0v) is 16.8. The van der Waals surface area contributed by atoms with Gasteiger partial charge in [-0.05, 0) is 48.5 Å². The summed E-state index contributed by atoms with van der Waals surface area (Å²) >= 11 is 0. The molecule has 0 fully saturated rings. The van der Waals surface area contributed by atoms with E-state index < -0.39 is 16.7 Å². The van der Waals surface area contributed by atoms with Crippen LogP contribution >= 0.6 is 0 Å². The molecule has 0 saturated carbocycles. The number of hydrogen-bond donors (Lipinski definition) is 3. The Bertz CT molecular complexity index is 1190. The third-order valence-corrected chi connectivity index (χ3v) is 4.33. The van der Waals surface area contributed by atoms with E-state index in [-0.39, 0.29) is 22.6 Å². The number of phenolic OH excluding ortho intramolecular Hbond substituents is 1. The topological polar surface area (TPSA) is 143 Å². The number of hydrogen-bond acceptors (Lipinski definition) is 7. The van der Waals surface area contributed by atoms with Crippen molar-refractivity contribution in [3.8, 4) is 11.5 Å². The summed E-state index contributed by atoms with van der Waals surface area (Å²) in [5.74, 6) is -0.514. The molecule has 0 spiro atoms. The number of hydrazone groups is 1. The van der Waals surface area contributed by atoms with Gasteiger partial charge in [-0.1, -0.05) is 6.07 Å². The van der Waals surface area contributed by atoms with E-state index >= 15 is 0 Å². The van der Waals surface area contributed by atoms with Gasteiger partial charge in [0.1, 0.15) is 11.5 Å². The number of nitrogens with zero attached hydrogens (tertiary/aromatic N) is 2. The predicted molar refractivity (Wildman–Crippen MR) is 117 cm³/mol. The van der Waals surface area contributed by atoms with Crippen LogP contribution in [-0.2, 0) is 0 Å². The third kappa shape index (κ3) is 5.45. The molecule has 10 heteroatoms. The fraction of sp³-hybridized carbons (Fsp3) is 0.0455. The second kappa shape index (κ2) is 9.85. The number of carbonyl (C=O) groups excluding carboxylic acids is 2. The molecule has 0 aliphatic carbocycles. The van der Waals surface area contributed by atoms with Crippen LogP contribution in [-0.4, -0.2) is 35.2 Å². The fourth-order valence-electron chi connectivity index (χ4n) is 2.66. The minimum Gasteiger partial charge on any atom is -0.507 e. The van der Waals surface area contributed by atoms with Crippen LogP contribution < -0.4 is 15.5 Å². The number of ether oxygens (including phenoxy) is 1. The van der Waals surface area contributed by atoms with Gasteiger partial charge in [-0.3, -0.25) is 19.7 Å². The summed E-state index contributed by atoms with van der Waals surface area (Å²) in [4.78, 5) is 34.8. The number of benzene rings is 3. The van der Waals surface area contributed by atoms with E-state index in [1.165, 1.54) is 67.9 Å². The minimum atomic E-state index is -0.581. The maximum Gasteiger partial charge on any atom is 0.271 e. The second-order valence-electron chi connectivity index (χ2n) is 6.46. The summed E-state index contributed by atoms with van der Waals surface area (Å²) in [5, 5.41) is 27.1. The average molecular weight is 434 g/mol. The molecule has 0 heterocycles. The highest BCUT2D eigenvalue weighted by Crippen LogP contribution is 2.21. The predicted octanol–water partition coefficient (Wildman–Crippen LogP) is 3.33. The summed E-state index contributed by atoms with van der Waals surface area (Å²) in [6.07, 6.45) is 1.28. The monoisotopic (exact) mass is 434 g/mol. The number of nitrogens with one attached hydrogen (secondary N) is 2. The zero-order chi connectivity index (χ0) is 23.1. The van der Waals surface area contributed by atoms with Crippen LogP contribution in [0.25, 0.3) is 0 Å². The molecule has 0 atom stereocenters. The summed E-state index contributed by atoms with van der Waals surface area (Å²) in [5.41, 5.74) is 3.34. The normalized spacial score (nSPS) is 10.5. The number of anilines is 1. The molecule has 0 saturated heterocycles. The molecule has 3 aromatic carbocycles. The van der Waals surface area contributed by atoms with E-state index in [9.17, 15) is 24.8 Å². The molecule has 10 nitrogen and oxygen atoms in total. The van der Waals surface area contributed by atoms with Crippen molar-refractivity contribution in [2.75, 3.05) is 12.4 Å². The lowest BCUT2D eigenvalue weighted by Crippen LogP contribution is -2.18. The number of methoxy groups -OCH3 is 1. The molecule has 3 aromatic rings. The quantitative estimate of drug-likeness (QED) is 0.296. The van der Waals surface area contributed by atoms with Crippen molar-refractivity contribution in [2.45, 2.75) is 0 Å². The van der Waals surface area contributed by atoms with Crippen molar-refractivity contribution in [2.24, 2.45) is 5.10 Å². The van der Waals surface area contributed by atoms with E-state index in [2.05, 4.69) is 15.8 Å². The Morgan fingerprint density at radius 2 is 1.78 bits per heavy atom. The molecule has 0 radical (unpaired) electrons. The van der Waals surface area contributed by atoms with E-state index in [1.807, 2.05) is 0 Å². The Hall–Kier alpha value is -4.73. The highest BCUT2D eigenvalue weighted by Gasteiger charge is 2.12. The Labute approximate surface area is 182 Å². The number of rotatable bonds is 7. The molecule has 2 amide bonds. The van der Waals surface area contributed by atoms with Crippen molar-refractivity contribution in [3.63, 3.8) is 0 Å². The van der Waals surface area contributed by atoms with Gasteiger partial charge in [0.05, 0.1) is 18.2 Å². The molecule has 0 unspecified atom stereocenters. The van der Waals surface area contributed by atoms with Gasteiger partial charge >= 0.3 is 0 Å². The number of carbonyl (C=O) groups is 2. The van der Waals surface area contributed by atoms with Crippen molar-refractivity contribution in [3.05, 3.63) is 93.5 Å². The number of aromatic hydroxyl groups is 1. The van der Waals surface area contributed by atoms with Crippen LogP contribution in [0.5, 0.6) is 11.5 Å². The van der Waals surface area contributed by atoms with Crippen LogP contribution in [0.3, 0.4) is 0 Å². The highest BCUT2D eigenvalue weighted by molar-refractivity contribution is 6.05. The van der Waals surface area contributed by atoms with Gasteiger partial charge < -0.3 is 15.2 Å². The van der Waals surface area contributed by atoms with E-state index in [1.54, 1.807) is 12.1 Å². The van der Waals surface area contributed by atoms with Crippen LogP contribution in [0.1, 0.15) is 26.3 Å². The molecule has 0 aliphatic rings. The van der Waals surface area contributed by atoms with Crippen LogP contribution in [0, 0.1) is 10.1 Å². The zero-order valence-electron chi connectivity index (χ0n) is 16.8. The Morgan fingerprint density at radius 3 is 2.47 bits per heavy atom. The number of nitro benzene ring substituents is 1. The lowest BCUT2D eigenvalue weighted by Gasteiger charge is -2.06. The Balaban J connectivity index is 1.61. The molecular weight excluding hydrogens is 416 g/mol. The van der Waals surface area contributed by atoms with Crippen molar-refractivity contribution >= 4 is 29.4 Å². The summed E-state index contributed by atoms with van der Waals surface area (Å²) < 4.78 is 5.07. The largest absolute Gasteiger partial charge is 0.507 e. The molecular formula is C22H18N4O6. The summed E-state index contributed by atoms with van der Waals surface area (Å²) in [7, 11) is 1.49. The van der Waals surface area contributed by atoms with E-state index in [0.717, 1.165) is 0 Å². The van der Waals surface area contributed by atoms with E-state index in [4.69, 9.17) is 4.74 Å². The lowest BCUT2D eigenvalue weighted by atomic mass is 10.1. The maximum absolute atomic E-state index is 12.3. The van der Waals surface area contributed by atoms with Crippen molar-refractivity contribution < 1.29 is 24.4 Å². The number of non-ortho nitro benzene ring substituents is 1. The summed E-state index contributed by atoms with van der Waals surface area (Å²) in [6.45, 7) is 0. The van der Waals surface area contributed by atoms with Crippen LogP contribution in [0.15, 0.2) is 71.8 Å². The lowest BCUT2D eigenvalue weighted by molar-refractivity contribution is -0.384. The summed E-state index contributed by atoms with van der Waals surface area (Å²) in [6, 6.07) is 15.9. The molecule has 0 aromatic heterocycles. The molecule has 3 rings (SSSR count). The first kappa shape index (κ1) is 22.0. The van der Waals surface area contributed by atoms with Gasteiger partial charge in [0.2, 0.25) is 0 Å². The maximum atomic E-state index is 12.3. The van der Waals surface area contributed by atoms with Crippen LogP contribution in [0.2, 0.25) is 0 Å². The standard InChI is InChI=1S/C22H18N4O6/c1-32-19-9-10-20(27)16(12-19)13-23-25-22(29)14-5-7-17(8-6-14)24-21(28)15-3-2-4-18(11-15)26(30)31/h2-13,27H,1H3,(H,24,28)(H,25,29)/b23-13-. The van der Waals surface area contributed by atoms with Gasteiger partial charge in [0.15, 0.2) is 0 Å². The number of nitro groups is 1. The smallest absolute Gasteiger partial charge is 0.271 e. The number of amides is 2. The highest BCUT2D eigenvalue weighted by atomic mass is 16.6. The van der Waals surface area contributed by atoms with Gasteiger partial charge in [-0.2, -0.15) is 5.10 Å². The first-order valence-corrected chi connectivity index (χ1v) is 9.23. The first-order chi connectivity index (χ1) is 15.4. The molecule has 0 aliphatic heterocycles. The van der Waals surface area contributed by atoms with E-state index in [0.29, 0.717) is 17.0 Å². The molecule has 3 N–H and O–H groups in total. The van der Waals surface area contributed by atoms with Crippen molar-refractivity contribution in [1.29, 1.82) is 0 Å². The molecule has 162 valence electrons. The minimum absolute atomic E-state index is 0.0207. The number of phenols is 1. The Morgan fingerprint density at radius 1 is 1.03 bits per heavy atom. The first-order valence-electron chi connectivity index (χ1n) is 9.23. The SMILES string of the molecule is COc1ccc(O)c(/C=N\NC(=O)c2ccc(NC(=O)c3cccc([N+](=O)[O-])c3)cc2)c1. The second-order valence-corrected chi connectivity index (χ2v) is 6.46. The van der Waals surface area contributed by atoms with Gasteiger partial charge in [0, 0.05) is 34.5 Å². The third-order valence-electron chi connectivity index (χ3n) is 4.33. The average Bonchev–Trinajstić information content (AvgIpc) is 2.80. The van der Waals surface area contributed by atoms with Crippen LogP contribution in [0.4, 0.5) is 11.4 Å². The van der Waals surface area contributed by atoms with Gasteiger partial charge in [-0.25, -0.2) is 5.43 Å². The van der Waals surface area contributed by atoms with Gasteiger partial charge in [-0.15, -0.1) is 0 Å². The fourth-order valence-corrected chi connectivity index (χ4v) is 2.66. The molecule has 0 bridgehead atoms. The van der Waals surface area contributed by atoms with Crippen molar-refractivity contribution in [1.82, 2.24) is 5.43 Å². The molecule has 32 heavy (non-hydrogen) atoms.